The second kappa shape index (κ2) is 7.05. The average molecular weight is 358 g/mol. The third kappa shape index (κ3) is 3.95. The Hall–Kier alpha value is -2.33. The summed E-state index contributed by atoms with van der Waals surface area (Å²) in [6.45, 7) is -1.76. The summed E-state index contributed by atoms with van der Waals surface area (Å²) in [5, 5.41) is 2.52. The molecule has 1 aromatic carbocycles. The summed E-state index contributed by atoms with van der Waals surface area (Å²) in [6, 6.07) is 5.55. The minimum absolute atomic E-state index is 0.0192. The van der Waals surface area contributed by atoms with E-state index < -0.39 is 16.6 Å². The molecule has 1 aromatic heterocycles. The smallest absolute Gasteiger partial charge is 0.319 e. The molecule has 0 bridgehead atoms. The Bertz CT molecular complexity index is 819. The van der Waals surface area contributed by atoms with Crippen LogP contribution in [0.5, 0.6) is 0 Å². The maximum atomic E-state index is 12.8. The second-order valence-electron chi connectivity index (χ2n) is 5.00. The van der Waals surface area contributed by atoms with Gasteiger partial charge < -0.3 is 5.32 Å². The van der Waals surface area contributed by atoms with Gasteiger partial charge in [-0.25, -0.2) is 13.4 Å². The molecule has 130 valence electrons. The molecule has 0 atom stereocenters. The number of alkyl halides is 2. The number of carbonyl (C=O) groups excluding carboxylic acids is 1. The molecule has 1 heterocycles. The molecule has 0 saturated carbocycles. The van der Waals surface area contributed by atoms with Crippen molar-refractivity contribution in [2.24, 2.45) is 0 Å². The first-order valence-electron chi connectivity index (χ1n) is 6.85. The summed E-state index contributed by atoms with van der Waals surface area (Å²) in [5.41, 5.74) is 0.456. The SMILES string of the molecule is CC(=O)Nc1ccc(S(=O)(=O)N(C)Cc2nccn2C(F)F)cc1. The minimum Gasteiger partial charge on any atom is -0.326 e. The van der Waals surface area contributed by atoms with E-state index in [2.05, 4.69) is 10.3 Å². The molecule has 0 spiro atoms. The van der Waals surface area contributed by atoms with Gasteiger partial charge in [0.15, 0.2) is 0 Å². The summed E-state index contributed by atoms with van der Waals surface area (Å²) >= 11 is 0. The van der Waals surface area contributed by atoms with Gasteiger partial charge in [0.2, 0.25) is 15.9 Å². The summed E-state index contributed by atoms with van der Waals surface area (Å²) in [7, 11) is -2.60. The van der Waals surface area contributed by atoms with E-state index in [1.807, 2.05) is 0 Å². The highest BCUT2D eigenvalue weighted by molar-refractivity contribution is 7.89. The number of sulfonamides is 1. The predicted octanol–water partition coefficient (Wildman–Crippen LogP) is 2.06. The zero-order valence-corrected chi connectivity index (χ0v) is 13.8. The van der Waals surface area contributed by atoms with E-state index in [1.165, 1.54) is 44.4 Å². The first-order chi connectivity index (χ1) is 11.2. The normalized spacial score (nSPS) is 11.9. The number of nitrogens with zero attached hydrogens (tertiary/aromatic N) is 3. The Morgan fingerprint density at radius 1 is 1.33 bits per heavy atom. The lowest BCUT2D eigenvalue weighted by Gasteiger charge is -2.18. The number of halogens is 2. The Morgan fingerprint density at radius 3 is 2.50 bits per heavy atom. The van der Waals surface area contributed by atoms with E-state index in [1.54, 1.807) is 0 Å². The standard InChI is InChI=1S/C14H16F2N4O3S/c1-10(21)18-11-3-5-12(6-4-11)24(22,23)19(2)9-13-17-7-8-20(13)14(15)16/h3-8,14H,9H2,1-2H3,(H,18,21). The first-order valence-corrected chi connectivity index (χ1v) is 8.29. The number of carbonyl (C=O) groups is 1. The number of imidazole rings is 1. The molecule has 10 heteroatoms. The lowest BCUT2D eigenvalue weighted by molar-refractivity contribution is -0.114. The third-order valence-corrected chi connectivity index (χ3v) is 5.02. The van der Waals surface area contributed by atoms with Crippen molar-refractivity contribution in [3.05, 3.63) is 42.5 Å². The number of anilines is 1. The van der Waals surface area contributed by atoms with Gasteiger partial charge in [-0.2, -0.15) is 13.1 Å². The maximum absolute atomic E-state index is 12.8. The number of nitrogens with one attached hydrogen (secondary N) is 1. The predicted molar refractivity (Wildman–Crippen MR) is 82.9 cm³/mol. The van der Waals surface area contributed by atoms with Crippen LogP contribution in [-0.2, 0) is 21.4 Å². The quantitative estimate of drug-likeness (QED) is 0.857. The minimum atomic E-state index is -3.88. The molecule has 0 aliphatic rings. The molecule has 0 aliphatic heterocycles. The zero-order chi connectivity index (χ0) is 17.9. The van der Waals surface area contributed by atoms with Gasteiger partial charge in [0.05, 0.1) is 11.4 Å². The third-order valence-electron chi connectivity index (χ3n) is 3.21. The van der Waals surface area contributed by atoms with Gasteiger partial charge in [0.1, 0.15) is 5.82 Å². The van der Waals surface area contributed by atoms with Crippen LogP contribution in [0.15, 0.2) is 41.6 Å². The monoisotopic (exact) mass is 358 g/mol. The Labute approximate surface area is 138 Å². The van der Waals surface area contributed by atoms with Gasteiger partial charge in [-0.3, -0.25) is 9.36 Å². The second-order valence-corrected chi connectivity index (χ2v) is 7.04. The average Bonchev–Trinajstić information content (AvgIpc) is 2.95. The number of amides is 1. The van der Waals surface area contributed by atoms with Crippen LogP contribution in [0, 0.1) is 0 Å². The van der Waals surface area contributed by atoms with Crippen molar-refractivity contribution in [1.82, 2.24) is 13.9 Å². The molecule has 0 saturated heterocycles. The van der Waals surface area contributed by atoms with Crippen LogP contribution in [-0.4, -0.2) is 35.2 Å². The number of hydrogen-bond donors (Lipinski definition) is 1. The molecule has 7 nitrogen and oxygen atoms in total. The van der Waals surface area contributed by atoms with Crippen LogP contribution in [0.2, 0.25) is 0 Å². The molecule has 1 N–H and O–H groups in total. The van der Waals surface area contributed by atoms with E-state index in [4.69, 9.17) is 0 Å². The van der Waals surface area contributed by atoms with Gasteiger partial charge in [-0.1, -0.05) is 0 Å². The largest absolute Gasteiger partial charge is 0.326 e. The molecular weight excluding hydrogens is 342 g/mol. The molecule has 0 unspecified atom stereocenters. The molecule has 24 heavy (non-hydrogen) atoms. The Balaban J connectivity index is 2.19. The van der Waals surface area contributed by atoms with Crippen LogP contribution in [0.25, 0.3) is 0 Å². The fourth-order valence-electron chi connectivity index (χ4n) is 2.02. The van der Waals surface area contributed by atoms with Crippen molar-refractivity contribution in [3.63, 3.8) is 0 Å². The molecule has 0 radical (unpaired) electrons. The lowest BCUT2D eigenvalue weighted by atomic mass is 10.3. The van der Waals surface area contributed by atoms with Crippen molar-refractivity contribution >= 4 is 21.6 Å². The van der Waals surface area contributed by atoms with Crippen molar-refractivity contribution in [1.29, 1.82) is 0 Å². The van der Waals surface area contributed by atoms with Crippen LogP contribution in [0.3, 0.4) is 0 Å². The summed E-state index contributed by atoms with van der Waals surface area (Å²) < 4.78 is 52.1. The van der Waals surface area contributed by atoms with Gasteiger partial charge in [0.25, 0.3) is 0 Å². The van der Waals surface area contributed by atoms with Crippen LogP contribution < -0.4 is 5.32 Å². The van der Waals surface area contributed by atoms with Crippen molar-refractivity contribution in [2.45, 2.75) is 24.9 Å². The van der Waals surface area contributed by atoms with Crippen molar-refractivity contribution < 1.29 is 22.0 Å². The van der Waals surface area contributed by atoms with Crippen molar-refractivity contribution in [2.75, 3.05) is 12.4 Å². The first kappa shape index (κ1) is 18.0. The highest BCUT2D eigenvalue weighted by Gasteiger charge is 2.23. The molecule has 0 fully saturated rings. The lowest BCUT2D eigenvalue weighted by Crippen LogP contribution is -2.28. The zero-order valence-electron chi connectivity index (χ0n) is 13.0. The summed E-state index contributed by atoms with van der Waals surface area (Å²) in [4.78, 5) is 14.7. The summed E-state index contributed by atoms with van der Waals surface area (Å²) in [6.07, 6.45) is 2.27. The Morgan fingerprint density at radius 2 is 1.96 bits per heavy atom. The van der Waals surface area contributed by atoms with E-state index in [0.717, 1.165) is 10.5 Å². The Kier molecular flexibility index (Phi) is 5.30. The van der Waals surface area contributed by atoms with E-state index in [-0.39, 0.29) is 23.2 Å². The fourth-order valence-corrected chi connectivity index (χ4v) is 3.15. The molecular formula is C14H16F2N4O3S. The summed E-state index contributed by atoms with van der Waals surface area (Å²) in [5.74, 6) is -0.340. The number of hydrogen-bond acceptors (Lipinski definition) is 4. The molecule has 1 amide bonds. The van der Waals surface area contributed by atoms with E-state index in [9.17, 15) is 22.0 Å². The van der Waals surface area contributed by atoms with Gasteiger partial charge in [-0.15, -0.1) is 0 Å². The molecule has 2 rings (SSSR count). The number of rotatable bonds is 6. The molecule has 2 aromatic rings. The van der Waals surface area contributed by atoms with Gasteiger partial charge in [-0.05, 0) is 24.3 Å². The van der Waals surface area contributed by atoms with Crippen LogP contribution in [0.1, 0.15) is 19.3 Å². The number of benzene rings is 1. The molecule has 0 aliphatic carbocycles. The van der Waals surface area contributed by atoms with E-state index >= 15 is 0 Å². The number of aromatic nitrogens is 2. The topological polar surface area (TPSA) is 84.3 Å². The van der Waals surface area contributed by atoms with Crippen LogP contribution in [0.4, 0.5) is 14.5 Å². The fraction of sp³-hybridized carbons (Fsp3) is 0.286. The highest BCUT2D eigenvalue weighted by Crippen LogP contribution is 2.20. The van der Waals surface area contributed by atoms with Crippen molar-refractivity contribution in [3.8, 4) is 0 Å². The van der Waals surface area contributed by atoms with Gasteiger partial charge in [0, 0.05) is 32.1 Å². The van der Waals surface area contributed by atoms with Crippen LogP contribution >= 0.6 is 0 Å². The van der Waals surface area contributed by atoms with Gasteiger partial charge >= 0.3 is 6.55 Å². The maximum Gasteiger partial charge on any atom is 0.319 e. The van der Waals surface area contributed by atoms with E-state index in [0.29, 0.717) is 10.3 Å². The highest BCUT2D eigenvalue weighted by atomic mass is 32.2.